The molecular weight excluding hydrogens is 234 g/mol. The molecule has 0 fully saturated rings. The van der Waals surface area contributed by atoms with E-state index in [0.29, 0.717) is 13.0 Å². The van der Waals surface area contributed by atoms with E-state index in [2.05, 4.69) is 15.3 Å². The highest BCUT2D eigenvalue weighted by atomic mass is 16.4. The number of aliphatic carboxylic acids is 1. The lowest BCUT2D eigenvalue weighted by atomic mass is 9.91. The van der Waals surface area contributed by atoms with Crippen molar-refractivity contribution in [3.05, 3.63) is 18.2 Å². The summed E-state index contributed by atoms with van der Waals surface area (Å²) in [7, 11) is 0. The Bertz CT molecular complexity index is 387. The monoisotopic (exact) mass is 253 g/mol. The van der Waals surface area contributed by atoms with Crippen molar-refractivity contribution in [2.24, 2.45) is 11.8 Å². The van der Waals surface area contributed by atoms with Gasteiger partial charge in [-0.15, -0.1) is 0 Å². The van der Waals surface area contributed by atoms with Crippen LogP contribution in [0.2, 0.25) is 0 Å². The van der Waals surface area contributed by atoms with Gasteiger partial charge in [0.05, 0.1) is 24.4 Å². The molecule has 1 aromatic rings. The van der Waals surface area contributed by atoms with Crippen LogP contribution in [0.4, 0.5) is 0 Å². The van der Waals surface area contributed by atoms with Crippen molar-refractivity contribution in [3.8, 4) is 0 Å². The van der Waals surface area contributed by atoms with Crippen LogP contribution in [0.25, 0.3) is 0 Å². The lowest BCUT2D eigenvalue weighted by Crippen LogP contribution is -2.36. The Morgan fingerprint density at radius 2 is 2.22 bits per heavy atom. The number of carbonyl (C=O) groups excluding carboxylic acids is 1. The first-order valence-electron chi connectivity index (χ1n) is 5.98. The lowest BCUT2D eigenvalue weighted by molar-refractivity contribution is -0.142. The number of rotatable bonds is 7. The van der Waals surface area contributed by atoms with Gasteiger partial charge in [-0.05, 0) is 5.92 Å². The number of aromatic amines is 1. The molecule has 0 spiro atoms. The topological polar surface area (TPSA) is 95.1 Å². The summed E-state index contributed by atoms with van der Waals surface area (Å²) in [5.41, 5.74) is 0.870. The molecule has 1 atom stereocenters. The van der Waals surface area contributed by atoms with Crippen LogP contribution in [0.15, 0.2) is 12.5 Å². The summed E-state index contributed by atoms with van der Waals surface area (Å²) in [6.45, 7) is 4.16. The number of aromatic nitrogens is 2. The number of H-pyrrole nitrogens is 1. The van der Waals surface area contributed by atoms with E-state index in [1.54, 1.807) is 12.5 Å². The number of carbonyl (C=O) groups is 2. The minimum absolute atomic E-state index is 0.00600. The molecular formula is C12H19N3O3. The molecule has 1 unspecified atom stereocenters. The highest BCUT2D eigenvalue weighted by Crippen LogP contribution is 2.15. The van der Waals surface area contributed by atoms with Gasteiger partial charge >= 0.3 is 5.97 Å². The molecule has 18 heavy (non-hydrogen) atoms. The average Bonchev–Trinajstić information content (AvgIpc) is 2.78. The average molecular weight is 253 g/mol. The quantitative estimate of drug-likeness (QED) is 0.670. The Morgan fingerprint density at radius 3 is 2.72 bits per heavy atom. The molecule has 1 amide bonds. The smallest absolute Gasteiger partial charge is 0.304 e. The number of nitrogens with zero attached hydrogens (tertiary/aromatic N) is 1. The fourth-order valence-corrected chi connectivity index (χ4v) is 1.69. The summed E-state index contributed by atoms with van der Waals surface area (Å²) in [5, 5.41) is 11.5. The minimum Gasteiger partial charge on any atom is -0.481 e. The largest absolute Gasteiger partial charge is 0.481 e. The zero-order valence-corrected chi connectivity index (χ0v) is 10.6. The molecule has 0 aliphatic rings. The fraction of sp³-hybridized carbons (Fsp3) is 0.583. The summed E-state index contributed by atoms with van der Waals surface area (Å²) in [6.07, 6.45) is 3.85. The number of nitrogens with one attached hydrogen (secondary N) is 2. The van der Waals surface area contributed by atoms with E-state index in [1.165, 1.54) is 0 Å². The summed E-state index contributed by atoms with van der Waals surface area (Å²) < 4.78 is 0. The number of hydrogen-bond donors (Lipinski definition) is 3. The van der Waals surface area contributed by atoms with Gasteiger partial charge in [0.1, 0.15) is 0 Å². The standard InChI is InChI=1S/C12H19N3O3/c1-8(2)10(5-11(16)17)12(18)14-4-3-9-6-13-7-15-9/h6-8,10H,3-5H2,1-2H3,(H,13,15)(H,14,18)(H,16,17). The summed E-state index contributed by atoms with van der Waals surface area (Å²) in [4.78, 5) is 29.4. The number of carboxylic acid groups (broad SMARTS) is 1. The molecule has 1 heterocycles. The maximum absolute atomic E-state index is 11.8. The summed E-state index contributed by atoms with van der Waals surface area (Å²) in [6, 6.07) is 0. The molecule has 0 aromatic carbocycles. The number of imidazole rings is 1. The van der Waals surface area contributed by atoms with E-state index >= 15 is 0 Å². The minimum atomic E-state index is -0.948. The first-order valence-corrected chi connectivity index (χ1v) is 5.98. The fourth-order valence-electron chi connectivity index (χ4n) is 1.69. The highest BCUT2D eigenvalue weighted by molar-refractivity contribution is 5.83. The molecule has 0 bridgehead atoms. The number of amides is 1. The third-order valence-corrected chi connectivity index (χ3v) is 2.77. The van der Waals surface area contributed by atoms with Gasteiger partial charge < -0.3 is 15.4 Å². The summed E-state index contributed by atoms with van der Waals surface area (Å²) in [5.74, 6) is -1.63. The van der Waals surface area contributed by atoms with Gasteiger partial charge in [-0.2, -0.15) is 0 Å². The van der Waals surface area contributed by atoms with E-state index in [9.17, 15) is 9.59 Å². The van der Waals surface area contributed by atoms with Crippen molar-refractivity contribution >= 4 is 11.9 Å². The van der Waals surface area contributed by atoms with E-state index in [1.807, 2.05) is 13.8 Å². The van der Waals surface area contributed by atoms with Crippen LogP contribution in [0.3, 0.4) is 0 Å². The molecule has 100 valence electrons. The summed E-state index contributed by atoms with van der Waals surface area (Å²) >= 11 is 0. The lowest BCUT2D eigenvalue weighted by Gasteiger charge is -2.18. The zero-order valence-electron chi connectivity index (χ0n) is 10.6. The first-order chi connectivity index (χ1) is 8.50. The van der Waals surface area contributed by atoms with E-state index in [-0.39, 0.29) is 18.2 Å². The van der Waals surface area contributed by atoms with Crippen LogP contribution in [0, 0.1) is 11.8 Å². The zero-order chi connectivity index (χ0) is 13.5. The predicted octanol–water partition coefficient (Wildman–Crippen LogP) is 0.815. The second-order valence-electron chi connectivity index (χ2n) is 4.55. The molecule has 6 nitrogen and oxygen atoms in total. The molecule has 3 N–H and O–H groups in total. The van der Waals surface area contributed by atoms with Gasteiger partial charge in [0, 0.05) is 19.2 Å². The molecule has 0 aliphatic carbocycles. The maximum atomic E-state index is 11.8. The van der Waals surface area contributed by atoms with Crippen molar-refractivity contribution < 1.29 is 14.7 Å². The Hall–Kier alpha value is -1.85. The third kappa shape index (κ3) is 4.57. The Balaban J connectivity index is 2.39. The van der Waals surface area contributed by atoms with Crippen LogP contribution >= 0.6 is 0 Å². The van der Waals surface area contributed by atoms with Crippen molar-refractivity contribution in [1.82, 2.24) is 15.3 Å². The van der Waals surface area contributed by atoms with Crippen LogP contribution in [0.5, 0.6) is 0 Å². The van der Waals surface area contributed by atoms with Gasteiger partial charge in [0.2, 0.25) is 5.91 Å². The molecule has 0 saturated carbocycles. The highest BCUT2D eigenvalue weighted by Gasteiger charge is 2.24. The molecule has 0 saturated heterocycles. The Morgan fingerprint density at radius 1 is 1.50 bits per heavy atom. The van der Waals surface area contributed by atoms with E-state index in [0.717, 1.165) is 5.69 Å². The molecule has 1 aromatic heterocycles. The molecule has 6 heteroatoms. The van der Waals surface area contributed by atoms with Crippen molar-refractivity contribution in [2.45, 2.75) is 26.7 Å². The van der Waals surface area contributed by atoms with Crippen LogP contribution in [-0.4, -0.2) is 33.5 Å². The van der Waals surface area contributed by atoms with Crippen molar-refractivity contribution in [1.29, 1.82) is 0 Å². The first kappa shape index (κ1) is 14.2. The van der Waals surface area contributed by atoms with Gasteiger partial charge in [0.15, 0.2) is 0 Å². The van der Waals surface area contributed by atoms with Crippen molar-refractivity contribution in [2.75, 3.05) is 6.54 Å². The number of hydrogen-bond acceptors (Lipinski definition) is 3. The molecule has 0 aliphatic heterocycles. The Kier molecular flexibility index (Phi) is 5.35. The SMILES string of the molecule is CC(C)C(CC(=O)O)C(=O)NCCc1c[nH]cn1. The van der Waals surface area contributed by atoms with Crippen LogP contribution < -0.4 is 5.32 Å². The van der Waals surface area contributed by atoms with Crippen LogP contribution in [0.1, 0.15) is 26.0 Å². The third-order valence-electron chi connectivity index (χ3n) is 2.77. The second-order valence-corrected chi connectivity index (χ2v) is 4.55. The van der Waals surface area contributed by atoms with E-state index < -0.39 is 11.9 Å². The number of carboxylic acids is 1. The van der Waals surface area contributed by atoms with Gasteiger partial charge in [-0.25, -0.2) is 4.98 Å². The van der Waals surface area contributed by atoms with Crippen molar-refractivity contribution in [3.63, 3.8) is 0 Å². The van der Waals surface area contributed by atoms with Gasteiger partial charge in [-0.1, -0.05) is 13.8 Å². The predicted molar refractivity (Wildman–Crippen MR) is 65.9 cm³/mol. The Labute approximate surface area is 106 Å². The maximum Gasteiger partial charge on any atom is 0.304 e. The normalized spacial score (nSPS) is 12.4. The molecule has 0 radical (unpaired) electrons. The molecule has 1 rings (SSSR count). The van der Waals surface area contributed by atoms with Crippen LogP contribution in [-0.2, 0) is 16.0 Å². The van der Waals surface area contributed by atoms with E-state index in [4.69, 9.17) is 5.11 Å². The van der Waals surface area contributed by atoms with Gasteiger partial charge in [0.25, 0.3) is 0 Å². The van der Waals surface area contributed by atoms with Gasteiger partial charge in [-0.3, -0.25) is 9.59 Å². The second kappa shape index (κ2) is 6.78.